The fourth-order valence-corrected chi connectivity index (χ4v) is 5.62. The highest BCUT2D eigenvalue weighted by molar-refractivity contribution is 5.35. The van der Waals surface area contributed by atoms with Crippen molar-refractivity contribution in [2.75, 3.05) is 78.8 Å². The molecule has 0 atom stereocenters. The van der Waals surface area contributed by atoms with E-state index in [-0.39, 0.29) is 0 Å². The van der Waals surface area contributed by atoms with Gasteiger partial charge in [-0.05, 0) is 24.3 Å². The van der Waals surface area contributed by atoms with Gasteiger partial charge in [0, 0.05) is 101 Å². The van der Waals surface area contributed by atoms with E-state index in [2.05, 4.69) is 56.2 Å². The summed E-state index contributed by atoms with van der Waals surface area (Å²) >= 11 is 0. The second-order valence-electron chi connectivity index (χ2n) is 12.0. The Hall–Kier alpha value is -4.16. The Labute approximate surface area is 297 Å². The van der Waals surface area contributed by atoms with Gasteiger partial charge in [-0.2, -0.15) is 0 Å². The molecule has 268 valence electrons. The first-order valence-corrected chi connectivity index (χ1v) is 17.9. The Morgan fingerprint density at radius 2 is 0.500 bits per heavy atom. The molecule has 1 aliphatic rings. The Balaban J connectivity index is 1.11. The third kappa shape index (κ3) is 13.3. The van der Waals surface area contributed by atoms with Gasteiger partial charge in [-0.25, -0.2) is 0 Å². The molecule has 0 spiro atoms. The van der Waals surface area contributed by atoms with Gasteiger partial charge in [0.15, 0.2) is 0 Å². The quantitative estimate of drug-likeness (QED) is 0.164. The second-order valence-corrected chi connectivity index (χ2v) is 12.0. The zero-order valence-electron chi connectivity index (χ0n) is 29.2. The van der Waals surface area contributed by atoms with Gasteiger partial charge >= 0.3 is 0 Å². The molecule has 50 heavy (non-hydrogen) atoms. The minimum absolute atomic E-state index is 0.473. The lowest BCUT2D eigenvalue weighted by Gasteiger charge is -2.15. The summed E-state index contributed by atoms with van der Waals surface area (Å²) in [5, 5.41) is 21.1. The number of nitrogens with one attached hydrogen (secondary N) is 6. The Morgan fingerprint density at radius 3 is 0.760 bits per heavy atom. The molecule has 10 nitrogen and oxygen atoms in total. The fourth-order valence-electron chi connectivity index (χ4n) is 5.62. The van der Waals surface area contributed by atoms with Crippen LogP contribution in [-0.4, -0.2) is 78.8 Å². The molecule has 4 aromatic carbocycles. The third-order valence-corrected chi connectivity index (χ3v) is 8.26. The lowest BCUT2D eigenvalue weighted by atomic mass is 10.2. The molecule has 0 fully saturated rings. The molecule has 0 saturated heterocycles. The van der Waals surface area contributed by atoms with Crippen LogP contribution < -0.4 is 50.8 Å². The van der Waals surface area contributed by atoms with Crippen molar-refractivity contribution in [3.8, 4) is 23.0 Å². The van der Waals surface area contributed by atoms with Crippen molar-refractivity contribution >= 4 is 0 Å². The normalized spacial score (nSPS) is 17.3. The van der Waals surface area contributed by atoms with Crippen LogP contribution in [0.1, 0.15) is 22.3 Å². The Morgan fingerprint density at radius 1 is 0.280 bits per heavy atom. The van der Waals surface area contributed by atoms with Crippen LogP contribution in [0.3, 0.4) is 0 Å². The molecule has 10 heteroatoms. The highest BCUT2D eigenvalue weighted by Crippen LogP contribution is 2.21. The zero-order chi connectivity index (χ0) is 34.3. The highest BCUT2D eigenvalue weighted by Gasteiger charge is 2.08. The first kappa shape index (κ1) is 37.1. The Kier molecular flexibility index (Phi) is 16.7. The van der Waals surface area contributed by atoms with Gasteiger partial charge in [-0.15, -0.1) is 0 Å². The molecular weight excluding hydrogens is 628 g/mol. The lowest BCUT2D eigenvalue weighted by Crippen LogP contribution is -2.32. The van der Waals surface area contributed by atoms with Gasteiger partial charge in [0.25, 0.3) is 0 Å². The summed E-state index contributed by atoms with van der Waals surface area (Å²) in [6.45, 7) is 11.8. The van der Waals surface area contributed by atoms with Crippen molar-refractivity contribution in [3.63, 3.8) is 0 Å². The van der Waals surface area contributed by atoms with Crippen LogP contribution in [-0.2, 0) is 26.2 Å². The lowest BCUT2D eigenvalue weighted by molar-refractivity contribution is 0.214. The van der Waals surface area contributed by atoms with Gasteiger partial charge in [-0.3, -0.25) is 0 Å². The number of hydrogen-bond donors (Lipinski definition) is 6. The molecule has 4 aromatic rings. The molecule has 1 heterocycles. The predicted octanol–water partition coefficient (Wildman–Crippen LogP) is 3.85. The summed E-state index contributed by atoms with van der Waals surface area (Å²) in [7, 11) is 0. The first-order valence-electron chi connectivity index (χ1n) is 17.9. The average Bonchev–Trinajstić information content (AvgIpc) is 3.15. The van der Waals surface area contributed by atoms with Crippen molar-refractivity contribution in [3.05, 3.63) is 119 Å². The van der Waals surface area contributed by atoms with Crippen LogP contribution in [0.5, 0.6) is 23.0 Å². The molecular formula is C40H54N6O4. The number of hydrogen-bond acceptors (Lipinski definition) is 10. The van der Waals surface area contributed by atoms with Crippen LogP contribution in [0.15, 0.2) is 97.1 Å². The fraction of sp³-hybridized carbons (Fsp3) is 0.400. The van der Waals surface area contributed by atoms with Crippen molar-refractivity contribution in [1.82, 2.24) is 31.9 Å². The molecule has 0 aromatic heterocycles. The molecule has 0 aliphatic carbocycles. The van der Waals surface area contributed by atoms with E-state index in [4.69, 9.17) is 18.9 Å². The van der Waals surface area contributed by atoms with E-state index < -0.39 is 0 Å². The minimum atomic E-state index is 0.473. The van der Waals surface area contributed by atoms with E-state index in [1.54, 1.807) is 0 Å². The summed E-state index contributed by atoms with van der Waals surface area (Å²) in [5.74, 6) is 3.55. The number of para-hydroxylation sites is 4. The van der Waals surface area contributed by atoms with E-state index >= 15 is 0 Å². The van der Waals surface area contributed by atoms with Crippen LogP contribution in [0.25, 0.3) is 0 Å². The van der Waals surface area contributed by atoms with Gasteiger partial charge in [0.05, 0.1) is 0 Å². The maximum atomic E-state index is 6.14. The number of benzene rings is 4. The molecule has 5 rings (SSSR count). The summed E-state index contributed by atoms with van der Waals surface area (Å²) in [6.07, 6.45) is 0. The molecule has 1 aliphatic heterocycles. The van der Waals surface area contributed by atoms with Gasteiger partial charge in [0.2, 0.25) is 0 Å². The SMILES string of the molecule is c1ccc2c(c1)CNCCNCCNCc1ccccc1OCCOc1ccccc1CNCCNCCNCc1ccccc1OCCO2. The molecule has 6 N–H and O–H groups in total. The topological polar surface area (TPSA) is 109 Å². The minimum Gasteiger partial charge on any atom is -0.490 e. The van der Waals surface area contributed by atoms with E-state index in [0.29, 0.717) is 26.4 Å². The average molecular weight is 683 g/mol. The number of rotatable bonds is 0. The van der Waals surface area contributed by atoms with Crippen LogP contribution >= 0.6 is 0 Å². The van der Waals surface area contributed by atoms with Crippen LogP contribution in [0.4, 0.5) is 0 Å². The van der Waals surface area contributed by atoms with E-state index in [1.807, 2.05) is 72.8 Å². The van der Waals surface area contributed by atoms with Crippen LogP contribution in [0, 0.1) is 0 Å². The largest absolute Gasteiger partial charge is 0.490 e. The second kappa shape index (κ2) is 22.5. The number of fused-ring (bicyclic) bond motifs is 4. The molecule has 0 amide bonds. The smallest absolute Gasteiger partial charge is 0.123 e. The van der Waals surface area contributed by atoms with Crippen molar-refractivity contribution in [2.24, 2.45) is 0 Å². The summed E-state index contributed by atoms with van der Waals surface area (Å²) in [5.41, 5.74) is 4.55. The van der Waals surface area contributed by atoms with E-state index in [1.165, 1.54) is 0 Å². The van der Waals surface area contributed by atoms with E-state index in [0.717, 1.165) is 124 Å². The zero-order valence-corrected chi connectivity index (χ0v) is 29.2. The maximum absolute atomic E-state index is 6.14. The van der Waals surface area contributed by atoms with Crippen LogP contribution in [0.2, 0.25) is 0 Å². The highest BCUT2D eigenvalue weighted by atomic mass is 16.5. The Bertz CT molecular complexity index is 1300. The van der Waals surface area contributed by atoms with Crippen molar-refractivity contribution < 1.29 is 18.9 Å². The van der Waals surface area contributed by atoms with Crippen molar-refractivity contribution in [1.29, 1.82) is 0 Å². The van der Waals surface area contributed by atoms with Gasteiger partial charge in [0.1, 0.15) is 49.4 Å². The molecule has 0 saturated carbocycles. The predicted molar refractivity (Wildman–Crippen MR) is 200 cm³/mol. The summed E-state index contributed by atoms with van der Waals surface area (Å²) in [4.78, 5) is 0. The monoisotopic (exact) mass is 682 g/mol. The molecule has 0 radical (unpaired) electrons. The van der Waals surface area contributed by atoms with E-state index in [9.17, 15) is 0 Å². The third-order valence-electron chi connectivity index (χ3n) is 8.26. The standard InChI is InChI=1S/C40H54N6O4/c1-5-13-37-33(9-1)29-43-21-17-41-18-22-44-31-35-11-3-7-15-39(35)49-27-28-50-40-16-8-4-12-36(40)32-46-24-20-42-19-23-45-30-34-10-2-6-14-38(34)48-26-25-47-37/h1-16,41-46H,17-32H2. The molecule has 0 unspecified atom stereocenters. The summed E-state index contributed by atoms with van der Waals surface area (Å²) < 4.78 is 24.5. The van der Waals surface area contributed by atoms with Gasteiger partial charge < -0.3 is 50.8 Å². The van der Waals surface area contributed by atoms with Gasteiger partial charge in [-0.1, -0.05) is 72.8 Å². The summed E-state index contributed by atoms with van der Waals surface area (Å²) in [6, 6.07) is 32.8. The first-order chi connectivity index (χ1) is 24.9. The number of ether oxygens (including phenoxy) is 4. The maximum Gasteiger partial charge on any atom is 0.123 e. The van der Waals surface area contributed by atoms with Crippen molar-refractivity contribution in [2.45, 2.75) is 26.2 Å². The molecule has 0 bridgehead atoms.